The van der Waals surface area contributed by atoms with E-state index in [0.29, 0.717) is 5.75 Å². The molecule has 0 bridgehead atoms. The molecule has 0 heterocycles. The maximum absolute atomic E-state index is 12.1. The Kier molecular flexibility index (Phi) is 6.20. The van der Waals surface area contributed by atoms with E-state index in [4.69, 9.17) is 9.47 Å². The molecule has 0 aliphatic heterocycles. The Labute approximate surface area is 135 Å². The lowest BCUT2D eigenvalue weighted by molar-refractivity contribution is -0.158. The second-order valence-corrected chi connectivity index (χ2v) is 6.32. The number of carbonyl (C=O) groups excluding carboxylic acids is 2. The second kappa shape index (κ2) is 7.22. The Morgan fingerprint density at radius 3 is 2.25 bits per heavy atom. The smallest absolute Gasteiger partial charge is 0.319 e. The molecule has 0 atom stereocenters. The lowest BCUT2D eigenvalue weighted by Gasteiger charge is -2.21. The van der Waals surface area contributed by atoms with Crippen LogP contribution in [0.2, 0.25) is 0 Å². The molecule has 0 aliphatic carbocycles. The SMILES string of the molecule is CCOC(=O)C(C)(C)C(=O)COc1c(Br)cccc1Br. The van der Waals surface area contributed by atoms with Crippen LogP contribution in [-0.4, -0.2) is 25.0 Å². The predicted octanol–water partition coefficient (Wildman–Crippen LogP) is 3.75. The minimum Gasteiger partial charge on any atom is -0.483 e. The summed E-state index contributed by atoms with van der Waals surface area (Å²) in [4.78, 5) is 23.9. The van der Waals surface area contributed by atoms with Gasteiger partial charge in [-0.15, -0.1) is 0 Å². The minimum absolute atomic E-state index is 0.201. The summed E-state index contributed by atoms with van der Waals surface area (Å²) in [6.07, 6.45) is 0. The third-order valence-corrected chi connectivity index (χ3v) is 4.00. The van der Waals surface area contributed by atoms with Gasteiger partial charge in [-0.25, -0.2) is 0 Å². The van der Waals surface area contributed by atoms with Crippen molar-refractivity contribution in [2.45, 2.75) is 20.8 Å². The molecule has 0 aliphatic rings. The quantitative estimate of drug-likeness (QED) is 0.532. The first-order valence-corrected chi connectivity index (χ1v) is 7.66. The van der Waals surface area contributed by atoms with Crippen LogP contribution in [0.3, 0.4) is 0 Å². The molecule has 110 valence electrons. The van der Waals surface area contributed by atoms with Crippen LogP contribution in [0.4, 0.5) is 0 Å². The number of carbonyl (C=O) groups is 2. The van der Waals surface area contributed by atoms with Gasteiger partial charge in [-0.2, -0.15) is 0 Å². The molecule has 20 heavy (non-hydrogen) atoms. The lowest BCUT2D eigenvalue weighted by atomic mass is 9.88. The number of hydrogen-bond acceptors (Lipinski definition) is 4. The van der Waals surface area contributed by atoms with E-state index in [1.165, 1.54) is 13.8 Å². The van der Waals surface area contributed by atoms with Crippen molar-refractivity contribution in [2.75, 3.05) is 13.2 Å². The number of para-hydroxylation sites is 1. The van der Waals surface area contributed by atoms with Crippen molar-refractivity contribution in [3.8, 4) is 5.75 Å². The van der Waals surface area contributed by atoms with Crippen molar-refractivity contribution in [3.05, 3.63) is 27.1 Å². The van der Waals surface area contributed by atoms with Gasteiger partial charge in [0.15, 0.2) is 5.78 Å². The summed E-state index contributed by atoms with van der Waals surface area (Å²) < 4.78 is 11.8. The Morgan fingerprint density at radius 1 is 1.20 bits per heavy atom. The molecular formula is C14H16Br2O4. The fourth-order valence-corrected chi connectivity index (χ4v) is 2.59. The first-order valence-electron chi connectivity index (χ1n) is 6.08. The van der Waals surface area contributed by atoms with Crippen molar-refractivity contribution in [2.24, 2.45) is 5.41 Å². The van der Waals surface area contributed by atoms with Gasteiger partial charge in [0.05, 0.1) is 15.6 Å². The van der Waals surface area contributed by atoms with Gasteiger partial charge in [-0.05, 0) is 64.8 Å². The highest BCUT2D eigenvalue weighted by molar-refractivity contribution is 9.11. The van der Waals surface area contributed by atoms with Gasteiger partial charge in [-0.1, -0.05) is 6.07 Å². The molecule has 0 radical (unpaired) electrons. The molecule has 1 rings (SSSR count). The molecule has 0 saturated carbocycles. The Hall–Kier alpha value is -0.880. The molecule has 1 aromatic carbocycles. The first-order chi connectivity index (χ1) is 9.30. The number of benzene rings is 1. The minimum atomic E-state index is -1.22. The fraction of sp³-hybridized carbons (Fsp3) is 0.429. The van der Waals surface area contributed by atoms with Crippen molar-refractivity contribution >= 4 is 43.6 Å². The topological polar surface area (TPSA) is 52.6 Å². The van der Waals surface area contributed by atoms with Crippen LogP contribution >= 0.6 is 31.9 Å². The number of esters is 1. The zero-order chi connectivity index (χ0) is 15.3. The molecule has 6 heteroatoms. The van der Waals surface area contributed by atoms with Gasteiger partial charge in [0.25, 0.3) is 0 Å². The average Bonchev–Trinajstić information content (AvgIpc) is 2.38. The average molecular weight is 408 g/mol. The van der Waals surface area contributed by atoms with E-state index in [-0.39, 0.29) is 19.0 Å². The largest absolute Gasteiger partial charge is 0.483 e. The molecule has 1 aromatic rings. The Balaban J connectivity index is 2.75. The molecule has 0 amide bonds. The summed E-state index contributed by atoms with van der Waals surface area (Å²) in [5, 5.41) is 0. The Bertz CT molecular complexity index is 492. The van der Waals surface area contributed by atoms with Crippen molar-refractivity contribution in [3.63, 3.8) is 0 Å². The summed E-state index contributed by atoms with van der Waals surface area (Å²) in [6, 6.07) is 5.45. The highest BCUT2D eigenvalue weighted by Crippen LogP contribution is 2.33. The molecule has 0 saturated heterocycles. The number of halogens is 2. The lowest BCUT2D eigenvalue weighted by Crippen LogP contribution is -2.38. The summed E-state index contributed by atoms with van der Waals surface area (Å²) in [5.74, 6) is -0.348. The fourth-order valence-electron chi connectivity index (χ4n) is 1.36. The van der Waals surface area contributed by atoms with Crippen LogP contribution in [0.15, 0.2) is 27.1 Å². The van der Waals surface area contributed by atoms with Crippen LogP contribution in [0.5, 0.6) is 5.75 Å². The van der Waals surface area contributed by atoms with Crippen LogP contribution < -0.4 is 4.74 Å². The molecule has 0 aromatic heterocycles. The van der Waals surface area contributed by atoms with Crippen molar-refractivity contribution in [1.29, 1.82) is 0 Å². The van der Waals surface area contributed by atoms with E-state index in [0.717, 1.165) is 8.95 Å². The third-order valence-electron chi connectivity index (χ3n) is 2.75. The molecular weight excluding hydrogens is 392 g/mol. The summed E-state index contributed by atoms with van der Waals surface area (Å²) in [5.41, 5.74) is -1.22. The van der Waals surface area contributed by atoms with Crippen molar-refractivity contribution < 1.29 is 19.1 Å². The standard InChI is InChI=1S/C14H16Br2O4/c1-4-19-13(18)14(2,3)11(17)8-20-12-9(15)6-5-7-10(12)16/h5-7H,4,8H2,1-3H3. The van der Waals surface area contributed by atoms with Crippen LogP contribution in [0.25, 0.3) is 0 Å². The number of ketones is 1. The van der Waals surface area contributed by atoms with E-state index in [1.807, 2.05) is 6.07 Å². The van der Waals surface area contributed by atoms with E-state index in [1.54, 1.807) is 19.1 Å². The highest BCUT2D eigenvalue weighted by atomic mass is 79.9. The summed E-state index contributed by atoms with van der Waals surface area (Å²) >= 11 is 6.69. The van der Waals surface area contributed by atoms with Crippen LogP contribution in [0.1, 0.15) is 20.8 Å². The molecule has 0 N–H and O–H groups in total. The highest BCUT2D eigenvalue weighted by Gasteiger charge is 2.37. The summed E-state index contributed by atoms with van der Waals surface area (Å²) in [6.45, 7) is 4.81. The third kappa shape index (κ3) is 4.06. The van der Waals surface area contributed by atoms with Gasteiger partial charge >= 0.3 is 5.97 Å². The van der Waals surface area contributed by atoms with Gasteiger partial charge in [0.1, 0.15) is 17.8 Å². The maximum Gasteiger partial charge on any atom is 0.319 e. The number of rotatable bonds is 6. The van der Waals surface area contributed by atoms with Gasteiger partial charge < -0.3 is 9.47 Å². The normalized spacial score (nSPS) is 11.1. The van der Waals surface area contributed by atoms with Crippen LogP contribution in [-0.2, 0) is 14.3 Å². The molecule has 0 unspecified atom stereocenters. The van der Waals surface area contributed by atoms with Crippen molar-refractivity contribution in [1.82, 2.24) is 0 Å². The number of Topliss-reactive ketones (excluding diaryl/α,β-unsaturated/α-hetero) is 1. The molecule has 4 nitrogen and oxygen atoms in total. The molecule has 0 fully saturated rings. The van der Waals surface area contributed by atoms with E-state index < -0.39 is 11.4 Å². The van der Waals surface area contributed by atoms with Gasteiger partial charge in [0.2, 0.25) is 0 Å². The van der Waals surface area contributed by atoms with Gasteiger partial charge in [0, 0.05) is 0 Å². The number of hydrogen-bond donors (Lipinski definition) is 0. The zero-order valence-electron chi connectivity index (χ0n) is 11.5. The number of ether oxygens (including phenoxy) is 2. The van der Waals surface area contributed by atoms with Gasteiger partial charge in [-0.3, -0.25) is 9.59 Å². The summed E-state index contributed by atoms with van der Waals surface area (Å²) in [7, 11) is 0. The molecule has 0 spiro atoms. The zero-order valence-corrected chi connectivity index (χ0v) is 14.7. The van der Waals surface area contributed by atoms with Crippen LogP contribution in [0, 0.1) is 5.41 Å². The monoisotopic (exact) mass is 406 g/mol. The Morgan fingerprint density at radius 2 is 1.75 bits per heavy atom. The maximum atomic E-state index is 12.1. The van der Waals surface area contributed by atoms with E-state index in [9.17, 15) is 9.59 Å². The second-order valence-electron chi connectivity index (χ2n) is 4.61. The first kappa shape index (κ1) is 17.2. The van der Waals surface area contributed by atoms with E-state index in [2.05, 4.69) is 31.9 Å². The predicted molar refractivity (Wildman–Crippen MR) is 82.8 cm³/mol. The van der Waals surface area contributed by atoms with E-state index >= 15 is 0 Å².